The lowest BCUT2D eigenvalue weighted by Crippen LogP contribution is -2.14. The number of nitrogens with zero attached hydrogens (tertiary/aromatic N) is 4. The first-order chi connectivity index (χ1) is 6.46. The van der Waals surface area contributed by atoms with Crippen LogP contribution in [0.3, 0.4) is 0 Å². The average molecular weight is 194 g/mol. The van der Waals surface area contributed by atoms with Crippen LogP contribution in [-0.2, 0) is 12.0 Å². The van der Waals surface area contributed by atoms with E-state index in [0.29, 0.717) is 6.54 Å². The molecule has 1 rings (SSSR count). The Kier molecular flexibility index (Phi) is 2.81. The zero-order valence-electron chi connectivity index (χ0n) is 8.90. The molecule has 5 heteroatoms. The van der Waals surface area contributed by atoms with Gasteiger partial charge < -0.3 is 4.52 Å². The molecule has 1 aromatic rings. The Bertz CT molecular complexity index is 369. The summed E-state index contributed by atoms with van der Waals surface area (Å²) in [6, 6.07) is 0. The molecule has 1 aromatic heterocycles. The number of hydrogen-bond donors (Lipinski definition) is 0. The van der Waals surface area contributed by atoms with E-state index in [1.54, 1.807) is 0 Å². The van der Waals surface area contributed by atoms with E-state index in [2.05, 4.69) is 15.2 Å². The lowest BCUT2D eigenvalue weighted by Gasteiger charge is -2.15. The SMILES string of the molecule is Cc1onc(C(C)(C)C)c1CN=[N+]=[N-]. The standard InChI is InChI=1S/C9H14N4O/c1-6-7(5-11-13-10)8(12-14-6)9(2,3)4/h5H2,1-4H3. The molecule has 76 valence electrons. The van der Waals surface area contributed by atoms with E-state index in [-0.39, 0.29) is 5.41 Å². The summed E-state index contributed by atoms with van der Waals surface area (Å²) in [4.78, 5) is 2.73. The molecule has 0 N–H and O–H groups in total. The summed E-state index contributed by atoms with van der Waals surface area (Å²) in [6.45, 7) is 8.26. The van der Waals surface area contributed by atoms with Crippen molar-refractivity contribution in [1.29, 1.82) is 0 Å². The lowest BCUT2D eigenvalue weighted by atomic mass is 9.89. The van der Waals surface area contributed by atoms with Crippen molar-refractivity contribution in [2.24, 2.45) is 5.11 Å². The molecule has 0 saturated carbocycles. The van der Waals surface area contributed by atoms with Crippen molar-refractivity contribution in [1.82, 2.24) is 5.16 Å². The van der Waals surface area contributed by atoms with E-state index in [4.69, 9.17) is 10.1 Å². The summed E-state index contributed by atoms with van der Waals surface area (Å²) < 4.78 is 5.09. The molecule has 0 bridgehead atoms. The van der Waals surface area contributed by atoms with E-state index in [1.807, 2.05) is 27.7 Å². The smallest absolute Gasteiger partial charge is 0.137 e. The second kappa shape index (κ2) is 3.72. The molecule has 0 amide bonds. The first kappa shape index (κ1) is 10.6. The number of azide groups is 1. The number of rotatable bonds is 2. The lowest BCUT2D eigenvalue weighted by molar-refractivity contribution is 0.375. The average Bonchev–Trinajstić information content (AvgIpc) is 2.42. The minimum absolute atomic E-state index is 0.0852. The first-order valence-electron chi connectivity index (χ1n) is 4.43. The van der Waals surface area contributed by atoms with Crippen molar-refractivity contribution in [3.05, 3.63) is 27.5 Å². The Labute approximate surface area is 82.7 Å². The van der Waals surface area contributed by atoms with Gasteiger partial charge in [-0.3, -0.25) is 0 Å². The van der Waals surface area contributed by atoms with Gasteiger partial charge in [0.25, 0.3) is 0 Å². The molecule has 0 fully saturated rings. The third kappa shape index (κ3) is 2.06. The topological polar surface area (TPSA) is 74.8 Å². The van der Waals surface area contributed by atoms with Gasteiger partial charge in [-0.05, 0) is 12.5 Å². The Hall–Kier alpha value is -1.48. The van der Waals surface area contributed by atoms with Crippen molar-refractivity contribution in [2.45, 2.75) is 39.7 Å². The maximum absolute atomic E-state index is 8.26. The van der Waals surface area contributed by atoms with Gasteiger partial charge in [0.1, 0.15) is 5.76 Å². The zero-order chi connectivity index (χ0) is 10.8. The second-order valence-corrected chi connectivity index (χ2v) is 4.20. The molecule has 14 heavy (non-hydrogen) atoms. The van der Waals surface area contributed by atoms with Crippen molar-refractivity contribution in [2.75, 3.05) is 0 Å². The van der Waals surface area contributed by atoms with Gasteiger partial charge in [0.05, 0.1) is 12.2 Å². The van der Waals surface area contributed by atoms with E-state index in [1.165, 1.54) is 0 Å². The quantitative estimate of drug-likeness (QED) is 0.412. The van der Waals surface area contributed by atoms with Crippen LogP contribution in [-0.4, -0.2) is 5.16 Å². The van der Waals surface area contributed by atoms with Crippen LogP contribution in [0.2, 0.25) is 0 Å². The maximum Gasteiger partial charge on any atom is 0.137 e. The van der Waals surface area contributed by atoms with Gasteiger partial charge in [0, 0.05) is 15.9 Å². The monoisotopic (exact) mass is 194 g/mol. The molecule has 0 aromatic carbocycles. The Morgan fingerprint density at radius 1 is 1.50 bits per heavy atom. The molecular weight excluding hydrogens is 180 g/mol. The highest BCUT2D eigenvalue weighted by atomic mass is 16.5. The van der Waals surface area contributed by atoms with Gasteiger partial charge >= 0.3 is 0 Å². The summed E-state index contributed by atoms with van der Waals surface area (Å²) >= 11 is 0. The first-order valence-corrected chi connectivity index (χ1v) is 4.43. The van der Waals surface area contributed by atoms with Crippen LogP contribution in [0.5, 0.6) is 0 Å². The van der Waals surface area contributed by atoms with Gasteiger partial charge in [-0.2, -0.15) is 0 Å². The number of aryl methyl sites for hydroxylation is 1. The summed E-state index contributed by atoms with van der Waals surface area (Å²) in [5.74, 6) is 0.724. The highest BCUT2D eigenvalue weighted by Gasteiger charge is 2.23. The molecule has 0 atom stereocenters. The van der Waals surface area contributed by atoms with Crippen molar-refractivity contribution in [3.63, 3.8) is 0 Å². The van der Waals surface area contributed by atoms with Crippen molar-refractivity contribution < 1.29 is 4.52 Å². The maximum atomic E-state index is 8.26. The molecule has 5 nitrogen and oxygen atoms in total. The van der Waals surface area contributed by atoms with Crippen LogP contribution in [0.25, 0.3) is 10.4 Å². The Morgan fingerprint density at radius 2 is 2.14 bits per heavy atom. The van der Waals surface area contributed by atoms with E-state index in [0.717, 1.165) is 17.0 Å². The minimum atomic E-state index is -0.0852. The van der Waals surface area contributed by atoms with E-state index in [9.17, 15) is 0 Å². The van der Waals surface area contributed by atoms with Crippen LogP contribution < -0.4 is 0 Å². The van der Waals surface area contributed by atoms with Crippen LogP contribution >= 0.6 is 0 Å². The summed E-state index contributed by atoms with van der Waals surface area (Å²) in [7, 11) is 0. The number of hydrogen-bond acceptors (Lipinski definition) is 3. The van der Waals surface area contributed by atoms with Crippen LogP contribution in [0, 0.1) is 6.92 Å². The normalized spacial score (nSPS) is 11.1. The molecule has 0 saturated heterocycles. The predicted molar refractivity (Wildman–Crippen MR) is 52.8 cm³/mol. The van der Waals surface area contributed by atoms with Gasteiger partial charge in [-0.1, -0.05) is 31.0 Å². The molecule has 0 aliphatic carbocycles. The largest absolute Gasteiger partial charge is 0.361 e. The fourth-order valence-corrected chi connectivity index (χ4v) is 1.27. The predicted octanol–water partition coefficient (Wildman–Crippen LogP) is 3.09. The van der Waals surface area contributed by atoms with Gasteiger partial charge in [-0.25, -0.2) is 0 Å². The molecule has 0 spiro atoms. The fourth-order valence-electron chi connectivity index (χ4n) is 1.27. The fraction of sp³-hybridized carbons (Fsp3) is 0.667. The highest BCUT2D eigenvalue weighted by Crippen LogP contribution is 2.27. The van der Waals surface area contributed by atoms with Crippen LogP contribution in [0.4, 0.5) is 0 Å². The van der Waals surface area contributed by atoms with E-state index < -0.39 is 0 Å². The summed E-state index contributed by atoms with van der Waals surface area (Å²) in [6.07, 6.45) is 0. The van der Waals surface area contributed by atoms with Gasteiger partial charge in [-0.15, -0.1) is 0 Å². The highest BCUT2D eigenvalue weighted by molar-refractivity contribution is 5.27. The molecule has 0 aliphatic rings. The van der Waals surface area contributed by atoms with Gasteiger partial charge in [0.2, 0.25) is 0 Å². The molecular formula is C9H14N4O. The van der Waals surface area contributed by atoms with E-state index >= 15 is 0 Å². The molecule has 0 radical (unpaired) electrons. The second-order valence-electron chi connectivity index (χ2n) is 4.20. The minimum Gasteiger partial charge on any atom is -0.361 e. The molecule has 0 aliphatic heterocycles. The van der Waals surface area contributed by atoms with Crippen LogP contribution in [0.15, 0.2) is 9.64 Å². The molecule has 0 unspecified atom stereocenters. The Morgan fingerprint density at radius 3 is 2.64 bits per heavy atom. The third-order valence-electron chi connectivity index (χ3n) is 1.99. The third-order valence-corrected chi connectivity index (χ3v) is 1.99. The van der Waals surface area contributed by atoms with Crippen LogP contribution in [0.1, 0.15) is 37.8 Å². The summed E-state index contributed by atoms with van der Waals surface area (Å²) in [5.41, 5.74) is 9.93. The number of aromatic nitrogens is 1. The van der Waals surface area contributed by atoms with Crippen molar-refractivity contribution in [3.8, 4) is 0 Å². The Balaban J connectivity index is 3.12. The summed E-state index contributed by atoms with van der Waals surface area (Å²) in [5, 5.41) is 7.51. The zero-order valence-corrected chi connectivity index (χ0v) is 8.90. The van der Waals surface area contributed by atoms with Crippen molar-refractivity contribution >= 4 is 0 Å². The van der Waals surface area contributed by atoms with Gasteiger partial charge in [0.15, 0.2) is 0 Å². The molecule has 1 heterocycles.